The van der Waals surface area contributed by atoms with E-state index >= 15 is 0 Å². The summed E-state index contributed by atoms with van der Waals surface area (Å²) in [4.78, 5) is 23.8. The topological polar surface area (TPSA) is 76.0 Å². The first kappa shape index (κ1) is 14.7. The molecule has 0 radical (unpaired) electrons. The quantitative estimate of drug-likeness (QED) is 0.877. The predicted molar refractivity (Wildman–Crippen MR) is 76.6 cm³/mol. The fourth-order valence-corrected chi connectivity index (χ4v) is 2.69. The predicted octanol–water partition coefficient (Wildman–Crippen LogP) is 3.30. The van der Waals surface area contributed by atoms with Gasteiger partial charge in [-0.15, -0.1) is 0 Å². The maximum Gasteiger partial charge on any atom is 0.337 e. The monoisotopic (exact) mass is 309 g/mol. The third kappa shape index (κ3) is 2.91. The number of carboxylic acids is 1. The highest BCUT2D eigenvalue weighted by Gasteiger charge is 2.16. The molecule has 2 aromatic rings. The van der Waals surface area contributed by atoms with Crippen LogP contribution in [0.2, 0.25) is 5.02 Å². The van der Waals surface area contributed by atoms with Gasteiger partial charge in [-0.05, 0) is 44.2 Å². The average Bonchev–Trinajstić information content (AvgIpc) is 2.38. The van der Waals surface area contributed by atoms with Crippen molar-refractivity contribution in [1.82, 2.24) is 15.0 Å². The second-order valence-electron chi connectivity index (χ2n) is 4.19. The van der Waals surface area contributed by atoms with Crippen LogP contribution >= 0.6 is 23.4 Å². The average molecular weight is 310 g/mol. The van der Waals surface area contributed by atoms with Gasteiger partial charge in [0.25, 0.3) is 0 Å². The van der Waals surface area contributed by atoms with Gasteiger partial charge in [0, 0.05) is 17.6 Å². The molecule has 2 heterocycles. The SMILES string of the molecule is Cc1nc(Sc2nccc(C(=O)O)c2Cl)nc(C)c1C. The van der Waals surface area contributed by atoms with E-state index < -0.39 is 5.97 Å². The number of aromatic carboxylic acids is 1. The molecule has 0 atom stereocenters. The van der Waals surface area contributed by atoms with Crippen molar-refractivity contribution < 1.29 is 9.90 Å². The summed E-state index contributed by atoms with van der Waals surface area (Å²) in [7, 11) is 0. The number of hydrogen-bond donors (Lipinski definition) is 1. The van der Waals surface area contributed by atoms with Crippen LogP contribution in [0.1, 0.15) is 27.3 Å². The number of aryl methyl sites for hydroxylation is 2. The van der Waals surface area contributed by atoms with Gasteiger partial charge in [-0.25, -0.2) is 19.7 Å². The number of carbonyl (C=O) groups is 1. The minimum Gasteiger partial charge on any atom is -0.478 e. The number of halogens is 1. The zero-order valence-electron chi connectivity index (χ0n) is 11.1. The highest BCUT2D eigenvalue weighted by atomic mass is 35.5. The first-order chi connectivity index (χ1) is 9.40. The molecule has 20 heavy (non-hydrogen) atoms. The largest absolute Gasteiger partial charge is 0.478 e. The molecule has 5 nitrogen and oxygen atoms in total. The first-order valence-electron chi connectivity index (χ1n) is 5.77. The van der Waals surface area contributed by atoms with Gasteiger partial charge in [0.2, 0.25) is 0 Å². The summed E-state index contributed by atoms with van der Waals surface area (Å²) in [5.74, 6) is -1.09. The Balaban J connectivity index is 2.40. The lowest BCUT2D eigenvalue weighted by Gasteiger charge is -2.08. The minimum absolute atomic E-state index is 0.0183. The molecular weight excluding hydrogens is 298 g/mol. The molecule has 0 saturated carbocycles. The molecule has 0 aromatic carbocycles. The van der Waals surface area contributed by atoms with Crippen LogP contribution in [0, 0.1) is 20.8 Å². The molecule has 0 aliphatic carbocycles. The second kappa shape index (κ2) is 5.76. The van der Waals surface area contributed by atoms with Crippen LogP contribution < -0.4 is 0 Å². The third-order valence-corrected chi connectivity index (χ3v) is 4.25. The molecule has 0 aliphatic heterocycles. The summed E-state index contributed by atoms with van der Waals surface area (Å²) in [6, 6.07) is 1.36. The van der Waals surface area contributed by atoms with Gasteiger partial charge in [0.1, 0.15) is 5.03 Å². The highest BCUT2D eigenvalue weighted by molar-refractivity contribution is 7.99. The fourth-order valence-electron chi connectivity index (χ4n) is 1.53. The number of aromatic nitrogens is 3. The maximum absolute atomic E-state index is 11.0. The number of carboxylic acid groups (broad SMARTS) is 1. The molecule has 0 unspecified atom stereocenters. The molecule has 2 rings (SSSR count). The Bertz CT molecular complexity index is 668. The van der Waals surface area contributed by atoms with E-state index in [9.17, 15) is 4.79 Å². The van der Waals surface area contributed by atoms with Crippen molar-refractivity contribution in [2.45, 2.75) is 31.0 Å². The number of rotatable bonds is 3. The van der Waals surface area contributed by atoms with E-state index in [0.29, 0.717) is 10.2 Å². The lowest BCUT2D eigenvalue weighted by Crippen LogP contribution is -2.01. The van der Waals surface area contributed by atoms with E-state index in [1.54, 1.807) is 0 Å². The molecule has 2 aromatic heterocycles. The van der Waals surface area contributed by atoms with Crippen LogP contribution in [-0.4, -0.2) is 26.0 Å². The van der Waals surface area contributed by atoms with Crippen molar-refractivity contribution in [1.29, 1.82) is 0 Å². The molecule has 0 spiro atoms. The molecule has 0 amide bonds. The van der Waals surface area contributed by atoms with Gasteiger partial charge in [-0.3, -0.25) is 0 Å². The summed E-state index contributed by atoms with van der Waals surface area (Å²) in [5.41, 5.74) is 2.81. The number of hydrogen-bond acceptors (Lipinski definition) is 5. The number of pyridine rings is 1. The smallest absolute Gasteiger partial charge is 0.337 e. The fraction of sp³-hybridized carbons (Fsp3) is 0.231. The van der Waals surface area contributed by atoms with Crippen molar-refractivity contribution >= 4 is 29.3 Å². The van der Waals surface area contributed by atoms with Crippen LogP contribution in [0.3, 0.4) is 0 Å². The molecular formula is C13H12ClN3O2S. The Labute approximate surface area is 125 Å². The van der Waals surface area contributed by atoms with Crippen LogP contribution in [0.15, 0.2) is 22.4 Å². The molecule has 0 aliphatic rings. The standard InChI is InChI=1S/C13H12ClN3O2S/c1-6-7(2)16-13(17-8(6)3)20-11-10(14)9(12(18)19)4-5-15-11/h4-5H,1-3H3,(H,18,19). The van der Waals surface area contributed by atoms with E-state index in [-0.39, 0.29) is 10.6 Å². The zero-order chi connectivity index (χ0) is 14.9. The van der Waals surface area contributed by atoms with Crippen LogP contribution in [-0.2, 0) is 0 Å². The Kier molecular flexibility index (Phi) is 4.25. The van der Waals surface area contributed by atoms with Crippen molar-refractivity contribution in [3.8, 4) is 0 Å². The van der Waals surface area contributed by atoms with Crippen LogP contribution in [0.25, 0.3) is 0 Å². The zero-order valence-corrected chi connectivity index (χ0v) is 12.7. The van der Waals surface area contributed by atoms with Crippen LogP contribution in [0.5, 0.6) is 0 Å². The second-order valence-corrected chi connectivity index (χ2v) is 5.52. The minimum atomic E-state index is -1.09. The van der Waals surface area contributed by atoms with Gasteiger partial charge >= 0.3 is 5.97 Å². The molecule has 7 heteroatoms. The lowest BCUT2D eigenvalue weighted by molar-refractivity contribution is 0.0696. The summed E-state index contributed by atoms with van der Waals surface area (Å²) >= 11 is 7.20. The van der Waals surface area contributed by atoms with Gasteiger partial charge in [-0.1, -0.05) is 11.6 Å². The summed E-state index contributed by atoms with van der Waals surface area (Å²) in [6.45, 7) is 5.75. The van der Waals surface area contributed by atoms with Gasteiger partial charge in [0.05, 0.1) is 10.6 Å². The Morgan fingerprint density at radius 2 is 1.85 bits per heavy atom. The van der Waals surface area contributed by atoms with Gasteiger partial charge in [0.15, 0.2) is 5.16 Å². The number of nitrogens with zero attached hydrogens (tertiary/aromatic N) is 3. The molecule has 104 valence electrons. The molecule has 1 N–H and O–H groups in total. The third-order valence-electron chi connectivity index (χ3n) is 2.89. The maximum atomic E-state index is 11.0. The highest BCUT2D eigenvalue weighted by Crippen LogP contribution is 2.32. The summed E-state index contributed by atoms with van der Waals surface area (Å²) < 4.78 is 0. The van der Waals surface area contributed by atoms with Crippen molar-refractivity contribution in [3.05, 3.63) is 39.8 Å². The summed E-state index contributed by atoms with van der Waals surface area (Å²) in [6.07, 6.45) is 1.41. The van der Waals surface area contributed by atoms with E-state index in [1.165, 1.54) is 12.3 Å². The van der Waals surface area contributed by atoms with Crippen molar-refractivity contribution in [2.75, 3.05) is 0 Å². The molecule has 0 fully saturated rings. The van der Waals surface area contributed by atoms with Crippen molar-refractivity contribution in [3.63, 3.8) is 0 Å². The van der Waals surface area contributed by atoms with Gasteiger partial charge in [-0.2, -0.15) is 0 Å². The van der Waals surface area contributed by atoms with E-state index in [0.717, 1.165) is 28.7 Å². The first-order valence-corrected chi connectivity index (χ1v) is 6.97. The van der Waals surface area contributed by atoms with Crippen molar-refractivity contribution in [2.24, 2.45) is 0 Å². The summed E-state index contributed by atoms with van der Waals surface area (Å²) in [5, 5.41) is 10.0. The van der Waals surface area contributed by atoms with E-state index in [2.05, 4.69) is 15.0 Å². The normalized spacial score (nSPS) is 10.6. The lowest BCUT2D eigenvalue weighted by atomic mass is 10.2. The van der Waals surface area contributed by atoms with Gasteiger partial charge < -0.3 is 5.11 Å². The molecule has 0 bridgehead atoms. The Morgan fingerprint density at radius 3 is 2.40 bits per heavy atom. The Hall–Kier alpha value is -1.66. The molecule has 0 saturated heterocycles. The van der Waals surface area contributed by atoms with Crippen LogP contribution in [0.4, 0.5) is 0 Å². The van der Waals surface area contributed by atoms with E-state index in [4.69, 9.17) is 16.7 Å². The Morgan fingerprint density at radius 1 is 1.25 bits per heavy atom. The van der Waals surface area contributed by atoms with E-state index in [1.807, 2.05) is 20.8 Å².